The molecule has 0 aliphatic heterocycles. The minimum absolute atomic E-state index is 0.0242. The highest BCUT2D eigenvalue weighted by molar-refractivity contribution is 5.93. The van der Waals surface area contributed by atoms with Crippen LogP contribution in [0.2, 0.25) is 0 Å². The van der Waals surface area contributed by atoms with Gasteiger partial charge in [0.05, 0.1) is 0 Å². The maximum absolute atomic E-state index is 12.0. The Bertz CT molecular complexity index is 905. The Balaban J connectivity index is 1.36. The third-order valence-electron chi connectivity index (χ3n) is 4.02. The van der Waals surface area contributed by atoms with Crippen LogP contribution in [-0.4, -0.2) is 31.8 Å². The van der Waals surface area contributed by atoms with Crippen molar-refractivity contribution in [2.45, 2.75) is 19.4 Å². The Kier molecular flexibility index (Phi) is 4.04. The minimum Gasteiger partial charge on any atom is -0.271 e. The van der Waals surface area contributed by atoms with E-state index >= 15 is 0 Å². The Labute approximate surface area is 144 Å². The van der Waals surface area contributed by atoms with Crippen molar-refractivity contribution >= 4 is 11.6 Å². The number of fused-ring (bicyclic) bond motifs is 1. The van der Waals surface area contributed by atoms with Gasteiger partial charge in [0.1, 0.15) is 6.54 Å². The molecule has 7 heteroatoms. The summed E-state index contributed by atoms with van der Waals surface area (Å²) in [5.74, 6) is 0.214. The van der Waals surface area contributed by atoms with Gasteiger partial charge in [0.2, 0.25) is 5.82 Å². The number of carbonyl (C=O) groups excluding carboxylic acids is 1. The van der Waals surface area contributed by atoms with Gasteiger partial charge >= 0.3 is 0 Å². The average molecular weight is 332 g/mol. The fourth-order valence-electron chi connectivity index (χ4n) is 2.80. The van der Waals surface area contributed by atoms with Crippen LogP contribution in [0.25, 0.3) is 11.4 Å². The molecule has 4 rings (SSSR count). The highest BCUT2D eigenvalue weighted by Gasteiger charge is 2.16. The highest BCUT2D eigenvalue weighted by atomic mass is 16.2. The highest BCUT2D eigenvalue weighted by Crippen LogP contribution is 2.19. The predicted molar refractivity (Wildman–Crippen MR) is 92.7 cm³/mol. The number of hydrogen-bond donors (Lipinski definition) is 1. The molecule has 0 saturated heterocycles. The number of nitrogens with one attached hydrogen (secondary N) is 1. The van der Waals surface area contributed by atoms with Crippen molar-refractivity contribution < 1.29 is 4.79 Å². The van der Waals surface area contributed by atoms with Gasteiger partial charge in [0.15, 0.2) is 0 Å². The standard InChI is InChI=1S/C18H16N6O/c25-17(20-19-16-10-14-8-4-5-9-15(14)11-16)12-24-22-18(21-23-24)13-6-2-1-3-7-13/h1-9H,10-12H2,(H,20,25). The zero-order valence-corrected chi connectivity index (χ0v) is 13.5. The number of aromatic nitrogens is 4. The van der Waals surface area contributed by atoms with Crippen LogP contribution in [0.1, 0.15) is 11.1 Å². The minimum atomic E-state index is -0.277. The summed E-state index contributed by atoms with van der Waals surface area (Å²) in [6.45, 7) is -0.0242. The number of carbonyl (C=O) groups is 1. The lowest BCUT2D eigenvalue weighted by atomic mass is 10.1. The van der Waals surface area contributed by atoms with Crippen LogP contribution in [0.5, 0.6) is 0 Å². The third kappa shape index (κ3) is 3.45. The second-order valence-electron chi connectivity index (χ2n) is 5.84. The maximum Gasteiger partial charge on any atom is 0.263 e. The quantitative estimate of drug-likeness (QED) is 0.736. The molecule has 25 heavy (non-hydrogen) atoms. The number of tetrazole rings is 1. The summed E-state index contributed by atoms with van der Waals surface area (Å²) in [6.07, 6.45) is 1.55. The molecule has 0 atom stereocenters. The number of nitrogens with zero attached hydrogens (tertiary/aromatic N) is 5. The molecular formula is C18H16N6O. The second-order valence-corrected chi connectivity index (χ2v) is 5.84. The van der Waals surface area contributed by atoms with E-state index in [1.165, 1.54) is 15.9 Å². The van der Waals surface area contributed by atoms with Crippen LogP contribution in [0.4, 0.5) is 0 Å². The van der Waals surface area contributed by atoms with Crippen LogP contribution in [0.15, 0.2) is 59.7 Å². The van der Waals surface area contributed by atoms with Crippen molar-refractivity contribution in [3.8, 4) is 11.4 Å². The van der Waals surface area contributed by atoms with E-state index in [1.54, 1.807) is 0 Å². The lowest BCUT2D eigenvalue weighted by Crippen LogP contribution is -2.25. The van der Waals surface area contributed by atoms with Crippen LogP contribution < -0.4 is 5.43 Å². The van der Waals surface area contributed by atoms with Crippen molar-refractivity contribution in [2.24, 2.45) is 5.10 Å². The number of rotatable bonds is 4. The van der Waals surface area contributed by atoms with Crippen molar-refractivity contribution in [1.82, 2.24) is 25.6 Å². The molecule has 0 bridgehead atoms. The summed E-state index contributed by atoms with van der Waals surface area (Å²) in [7, 11) is 0. The molecule has 0 fully saturated rings. The monoisotopic (exact) mass is 332 g/mol. The van der Waals surface area contributed by atoms with Gasteiger partial charge < -0.3 is 0 Å². The summed E-state index contributed by atoms with van der Waals surface area (Å²) in [6, 6.07) is 17.7. The van der Waals surface area contributed by atoms with Crippen molar-refractivity contribution in [2.75, 3.05) is 0 Å². The molecule has 1 N–H and O–H groups in total. The number of hydrazone groups is 1. The van der Waals surface area contributed by atoms with Gasteiger partial charge in [-0.2, -0.15) is 9.90 Å². The van der Waals surface area contributed by atoms with E-state index in [2.05, 4.69) is 38.1 Å². The first-order valence-corrected chi connectivity index (χ1v) is 8.02. The fraction of sp³-hybridized carbons (Fsp3) is 0.167. The zero-order valence-electron chi connectivity index (χ0n) is 13.5. The second kappa shape index (κ2) is 6.64. The average Bonchev–Trinajstić information content (AvgIpc) is 3.27. The van der Waals surface area contributed by atoms with Crippen molar-refractivity contribution in [3.05, 3.63) is 65.7 Å². The third-order valence-corrected chi connectivity index (χ3v) is 4.02. The summed E-state index contributed by atoms with van der Waals surface area (Å²) in [4.78, 5) is 13.3. The summed E-state index contributed by atoms with van der Waals surface area (Å²) in [5, 5.41) is 16.3. The van der Waals surface area contributed by atoms with E-state index in [9.17, 15) is 4.79 Å². The van der Waals surface area contributed by atoms with Crippen molar-refractivity contribution in [1.29, 1.82) is 0 Å². The molecule has 2 aromatic carbocycles. The van der Waals surface area contributed by atoms with Crippen LogP contribution in [0, 0.1) is 0 Å². The van der Waals surface area contributed by atoms with E-state index in [0.29, 0.717) is 5.82 Å². The molecule has 0 spiro atoms. The molecule has 1 heterocycles. The fourth-order valence-corrected chi connectivity index (χ4v) is 2.80. The van der Waals surface area contributed by atoms with Crippen molar-refractivity contribution in [3.63, 3.8) is 0 Å². The van der Waals surface area contributed by atoms with E-state index < -0.39 is 0 Å². The Morgan fingerprint density at radius 1 is 1.04 bits per heavy atom. The lowest BCUT2D eigenvalue weighted by Gasteiger charge is -2.00. The number of amides is 1. The zero-order chi connectivity index (χ0) is 17.1. The Morgan fingerprint density at radius 2 is 1.72 bits per heavy atom. The first kappa shape index (κ1) is 15.2. The Morgan fingerprint density at radius 3 is 2.44 bits per heavy atom. The molecular weight excluding hydrogens is 316 g/mol. The molecule has 7 nitrogen and oxygen atoms in total. The molecule has 0 radical (unpaired) electrons. The van der Waals surface area contributed by atoms with Gasteiger partial charge in [-0.05, 0) is 16.3 Å². The summed E-state index contributed by atoms with van der Waals surface area (Å²) in [5.41, 5.74) is 6.92. The van der Waals surface area contributed by atoms with E-state index in [1.807, 2.05) is 42.5 Å². The predicted octanol–water partition coefficient (Wildman–Crippen LogP) is 1.61. The molecule has 1 amide bonds. The topological polar surface area (TPSA) is 85.1 Å². The van der Waals surface area contributed by atoms with Gasteiger partial charge in [-0.15, -0.1) is 10.2 Å². The summed E-state index contributed by atoms with van der Waals surface area (Å²) >= 11 is 0. The molecule has 0 saturated carbocycles. The normalized spacial score (nSPS) is 12.7. The van der Waals surface area contributed by atoms with Gasteiger partial charge in [0, 0.05) is 24.1 Å². The smallest absolute Gasteiger partial charge is 0.263 e. The van der Waals surface area contributed by atoms with Gasteiger partial charge in [-0.25, -0.2) is 5.43 Å². The number of benzene rings is 2. The molecule has 0 unspecified atom stereocenters. The Hall–Kier alpha value is -3.35. The first-order valence-electron chi connectivity index (χ1n) is 8.02. The van der Waals surface area contributed by atoms with Crippen LogP contribution in [0.3, 0.4) is 0 Å². The molecule has 1 aromatic heterocycles. The molecule has 124 valence electrons. The van der Waals surface area contributed by atoms with E-state index in [4.69, 9.17) is 0 Å². The van der Waals surface area contributed by atoms with Gasteiger partial charge in [-0.3, -0.25) is 4.79 Å². The molecule has 1 aliphatic carbocycles. The molecule has 3 aromatic rings. The largest absolute Gasteiger partial charge is 0.271 e. The number of hydrogen-bond acceptors (Lipinski definition) is 5. The maximum atomic E-state index is 12.0. The van der Waals surface area contributed by atoms with E-state index in [-0.39, 0.29) is 12.5 Å². The van der Waals surface area contributed by atoms with Gasteiger partial charge in [-0.1, -0.05) is 54.6 Å². The summed E-state index contributed by atoms with van der Waals surface area (Å²) < 4.78 is 0. The lowest BCUT2D eigenvalue weighted by molar-refractivity contribution is -0.122. The van der Waals surface area contributed by atoms with E-state index in [0.717, 1.165) is 24.1 Å². The van der Waals surface area contributed by atoms with Crippen LogP contribution >= 0.6 is 0 Å². The van der Waals surface area contributed by atoms with Crippen LogP contribution in [-0.2, 0) is 24.2 Å². The molecule has 1 aliphatic rings. The van der Waals surface area contributed by atoms with Gasteiger partial charge in [0.25, 0.3) is 5.91 Å². The SMILES string of the molecule is O=C(Cn1nnc(-c2ccccc2)n1)NN=C1Cc2ccccc2C1. The first-order chi connectivity index (χ1) is 12.3.